The van der Waals surface area contributed by atoms with Gasteiger partial charge in [0.1, 0.15) is 11.5 Å². The lowest BCUT2D eigenvalue weighted by Crippen LogP contribution is -2.43. The molecule has 0 bridgehead atoms. The maximum atomic E-state index is 12.9. The molecule has 1 aromatic heterocycles. The number of methoxy groups -OCH3 is 1. The van der Waals surface area contributed by atoms with Gasteiger partial charge in [-0.05, 0) is 48.6 Å². The van der Waals surface area contributed by atoms with Gasteiger partial charge in [0.2, 0.25) is 5.91 Å². The van der Waals surface area contributed by atoms with E-state index in [1.54, 1.807) is 13.4 Å². The first-order valence-corrected chi connectivity index (χ1v) is 10.3. The van der Waals surface area contributed by atoms with Crippen LogP contribution in [0.25, 0.3) is 0 Å². The molecular formula is C23H32N2O3. The molecule has 5 heteroatoms. The molecule has 1 unspecified atom stereocenters. The molecule has 5 nitrogen and oxygen atoms in total. The van der Waals surface area contributed by atoms with E-state index in [1.165, 1.54) is 12.8 Å². The summed E-state index contributed by atoms with van der Waals surface area (Å²) in [6.07, 6.45) is 6.48. The number of amides is 1. The van der Waals surface area contributed by atoms with Crippen LogP contribution in [0.4, 0.5) is 0 Å². The fourth-order valence-electron chi connectivity index (χ4n) is 4.04. The zero-order chi connectivity index (χ0) is 19.9. The minimum atomic E-state index is -0.0209. The molecule has 1 heterocycles. The van der Waals surface area contributed by atoms with E-state index in [4.69, 9.17) is 9.15 Å². The van der Waals surface area contributed by atoms with Crippen LogP contribution in [0.2, 0.25) is 0 Å². The first-order chi connectivity index (χ1) is 13.6. The standard InChI is InChI=1S/C23H32N2O3/c1-17(2)23(18-10-12-20(27-3)13-11-18)24-22(26)16-25(19-7-4-5-8-19)15-21-9-6-14-28-21/h6,9-14,17,19,23H,4-5,7-8,15-16H2,1-3H3,(H,24,26). The molecule has 28 heavy (non-hydrogen) atoms. The molecule has 0 saturated heterocycles. The van der Waals surface area contributed by atoms with Crippen LogP contribution in [-0.4, -0.2) is 30.5 Å². The Hall–Kier alpha value is -2.27. The van der Waals surface area contributed by atoms with Crippen molar-refractivity contribution in [3.63, 3.8) is 0 Å². The van der Waals surface area contributed by atoms with Crippen LogP contribution in [0.15, 0.2) is 47.1 Å². The number of benzene rings is 1. The first-order valence-electron chi connectivity index (χ1n) is 10.3. The number of rotatable bonds is 9. The Bertz CT molecular complexity index is 719. The van der Waals surface area contributed by atoms with Crippen molar-refractivity contribution in [1.29, 1.82) is 0 Å². The third-order valence-corrected chi connectivity index (χ3v) is 5.58. The number of furan rings is 1. The lowest BCUT2D eigenvalue weighted by molar-refractivity contribution is -0.124. The largest absolute Gasteiger partial charge is 0.497 e. The van der Waals surface area contributed by atoms with Crippen LogP contribution in [-0.2, 0) is 11.3 Å². The quantitative estimate of drug-likeness (QED) is 0.689. The lowest BCUT2D eigenvalue weighted by Gasteiger charge is -2.29. The highest BCUT2D eigenvalue weighted by Gasteiger charge is 2.26. The van der Waals surface area contributed by atoms with E-state index < -0.39 is 0 Å². The van der Waals surface area contributed by atoms with Crippen molar-refractivity contribution < 1.29 is 13.9 Å². The van der Waals surface area contributed by atoms with Crippen LogP contribution >= 0.6 is 0 Å². The molecule has 1 fully saturated rings. The Morgan fingerprint density at radius 1 is 1.21 bits per heavy atom. The highest BCUT2D eigenvalue weighted by molar-refractivity contribution is 5.78. The molecule has 1 saturated carbocycles. The Labute approximate surface area is 168 Å². The van der Waals surface area contributed by atoms with E-state index in [0.717, 1.165) is 29.9 Å². The SMILES string of the molecule is COc1ccc(C(NC(=O)CN(Cc2ccco2)C2CCCC2)C(C)C)cc1. The van der Waals surface area contributed by atoms with Gasteiger partial charge in [-0.2, -0.15) is 0 Å². The number of carbonyl (C=O) groups excluding carboxylic acids is 1. The second-order valence-electron chi connectivity index (χ2n) is 7.98. The van der Waals surface area contributed by atoms with Crippen molar-refractivity contribution in [2.45, 2.75) is 58.2 Å². The maximum Gasteiger partial charge on any atom is 0.234 e. The van der Waals surface area contributed by atoms with Crippen molar-refractivity contribution in [3.05, 3.63) is 54.0 Å². The average Bonchev–Trinajstić information content (AvgIpc) is 3.39. The van der Waals surface area contributed by atoms with Gasteiger partial charge in [-0.15, -0.1) is 0 Å². The van der Waals surface area contributed by atoms with Crippen LogP contribution in [0.1, 0.15) is 56.9 Å². The number of nitrogens with one attached hydrogen (secondary N) is 1. The molecule has 0 spiro atoms. The van der Waals surface area contributed by atoms with Gasteiger partial charge in [0.25, 0.3) is 0 Å². The molecule has 1 atom stereocenters. The predicted octanol–water partition coefficient (Wildman–Crippen LogP) is 4.55. The predicted molar refractivity (Wildman–Crippen MR) is 110 cm³/mol. The van der Waals surface area contributed by atoms with Gasteiger partial charge in [-0.1, -0.05) is 38.8 Å². The molecule has 1 aromatic carbocycles. The van der Waals surface area contributed by atoms with E-state index in [-0.39, 0.29) is 11.9 Å². The molecule has 0 aliphatic heterocycles. The van der Waals surface area contributed by atoms with Gasteiger partial charge < -0.3 is 14.5 Å². The van der Waals surface area contributed by atoms with Crippen LogP contribution in [0.3, 0.4) is 0 Å². The Balaban J connectivity index is 1.66. The summed E-state index contributed by atoms with van der Waals surface area (Å²) in [7, 11) is 1.66. The van der Waals surface area contributed by atoms with Crippen molar-refractivity contribution >= 4 is 5.91 Å². The number of hydrogen-bond donors (Lipinski definition) is 1. The number of ether oxygens (including phenoxy) is 1. The molecular weight excluding hydrogens is 352 g/mol. The molecule has 1 amide bonds. The highest BCUT2D eigenvalue weighted by atomic mass is 16.5. The van der Waals surface area contributed by atoms with Crippen molar-refractivity contribution in [2.75, 3.05) is 13.7 Å². The summed E-state index contributed by atoms with van der Waals surface area (Å²) in [4.78, 5) is 15.2. The van der Waals surface area contributed by atoms with E-state index in [2.05, 4.69) is 24.1 Å². The normalized spacial score (nSPS) is 15.9. The van der Waals surface area contributed by atoms with E-state index in [1.807, 2.05) is 36.4 Å². The minimum Gasteiger partial charge on any atom is -0.497 e. The van der Waals surface area contributed by atoms with Gasteiger partial charge in [-0.25, -0.2) is 0 Å². The third-order valence-electron chi connectivity index (χ3n) is 5.58. The summed E-state index contributed by atoms with van der Waals surface area (Å²) >= 11 is 0. The van der Waals surface area contributed by atoms with Crippen molar-refractivity contribution in [2.24, 2.45) is 5.92 Å². The number of hydrogen-bond acceptors (Lipinski definition) is 4. The lowest BCUT2D eigenvalue weighted by atomic mass is 9.96. The maximum absolute atomic E-state index is 12.9. The Kier molecular flexibility index (Phi) is 7.15. The fourth-order valence-corrected chi connectivity index (χ4v) is 4.04. The summed E-state index contributed by atoms with van der Waals surface area (Å²) in [6, 6.07) is 12.3. The van der Waals surface area contributed by atoms with Crippen molar-refractivity contribution in [1.82, 2.24) is 10.2 Å². The van der Waals surface area contributed by atoms with Gasteiger partial charge in [0, 0.05) is 6.04 Å². The molecule has 1 N–H and O–H groups in total. The van der Waals surface area contributed by atoms with Crippen LogP contribution < -0.4 is 10.1 Å². The summed E-state index contributed by atoms with van der Waals surface area (Å²) < 4.78 is 10.8. The highest BCUT2D eigenvalue weighted by Crippen LogP contribution is 2.26. The molecule has 152 valence electrons. The Morgan fingerprint density at radius 2 is 1.93 bits per heavy atom. The summed E-state index contributed by atoms with van der Waals surface area (Å²) in [5.41, 5.74) is 1.10. The van der Waals surface area contributed by atoms with Crippen LogP contribution in [0, 0.1) is 5.92 Å². The van der Waals surface area contributed by atoms with Gasteiger partial charge in [0.05, 0.1) is 32.5 Å². The second-order valence-corrected chi connectivity index (χ2v) is 7.98. The third kappa shape index (κ3) is 5.38. The smallest absolute Gasteiger partial charge is 0.234 e. The molecule has 2 aromatic rings. The monoisotopic (exact) mass is 384 g/mol. The van der Waals surface area contributed by atoms with E-state index in [0.29, 0.717) is 25.0 Å². The van der Waals surface area contributed by atoms with E-state index in [9.17, 15) is 4.79 Å². The molecule has 3 rings (SSSR count). The van der Waals surface area contributed by atoms with Crippen molar-refractivity contribution in [3.8, 4) is 5.75 Å². The first kappa shape index (κ1) is 20.5. The zero-order valence-corrected chi connectivity index (χ0v) is 17.2. The molecule has 0 radical (unpaired) electrons. The Morgan fingerprint density at radius 3 is 2.50 bits per heavy atom. The average molecular weight is 385 g/mol. The van der Waals surface area contributed by atoms with Crippen LogP contribution in [0.5, 0.6) is 5.75 Å². The molecule has 1 aliphatic rings. The molecule has 1 aliphatic carbocycles. The van der Waals surface area contributed by atoms with Gasteiger partial charge >= 0.3 is 0 Å². The summed E-state index contributed by atoms with van der Waals surface area (Å²) in [6.45, 7) is 5.34. The van der Waals surface area contributed by atoms with Gasteiger partial charge in [-0.3, -0.25) is 9.69 Å². The summed E-state index contributed by atoms with van der Waals surface area (Å²) in [5, 5.41) is 3.25. The minimum absolute atomic E-state index is 0.0209. The van der Waals surface area contributed by atoms with E-state index >= 15 is 0 Å². The number of nitrogens with zero attached hydrogens (tertiary/aromatic N) is 1. The topological polar surface area (TPSA) is 54.7 Å². The fraction of sp³-hybridized carbons (Fsp3) is 0.522. The number of carbonyl (C=O) groups is 1. The summed E-state index contributed by atoms with van der Waals surface area (Å²) in [5.74, 6) is 2.09. The van der Waals surface area contributed by atoms with Gasteiger partial charge in [0.15, 0.2) is 0 Å². The second kappa shape index (κ2) is 9.78. The zero-order valence-electron chi connectivity index (χ0n) is 17.2.